The third kappa shape index (κ3) is 3.05. The van der Waals surface area contributed by atoms with E-state index in [2.05, 4.69) is 15.0 Å². The first-order valence-electron chi connectivity index (χ1n) is 5.20. The van der Waals surface area contributed by atoms with Crippen molar-refractivity contribution in [2.75, 3.05) is 0 Å². The van der Waals surface area contributed by atoms with Crippen molar-refractivity contribution in [1.29, 1.82) is 0 Å². The molecule has 0 radical (unpaired) electrons. The lowest BCUT2D eigenvalue weighted by Crippen LogP contribution is -2.96. The number of thiazole rings is 1. The third-order valence-electron chi connectivity index (χ3n) is 2.09. The Labute approximate surface area is 108 Å². The molecule has 0 aliphatic rings. The largest absolute Gasteiger partial charge is 0.392 e. The Kier molecular flexibility index (Phi) is 3.54. The van der Waals surface area contributed by atoms with E-state index >= 15 is 0 Å². The van der Waals surface area contributed by atoms with E-state index in [9.17, 15) is 0 Å². The molecule has 7 heteroatoms. The molecule has 2 aromatic rings. The van der Waals surface area contributed by atoms with Gasteiger partial charge in [0.2, 0.25) is 0 Å². The van der Waals surface area contributed by atoms with Crippen molar-refractivity contribution in [3.63, 3.8) is 0 Å². The molecule has 0 unspecified atom stereocenters. The lowest BCUT2D eigenvalue weighted by molar-refractivity contribution is -0.459. The molecular weight excluding hydrogens is 248 g/mol. The van der Waals surface area contributed by atoms with Crippen molar-refractivity contribution < 1.29 is 9.98 Å². The van der Waals surface area contributed by atoms with Crippen LogP contribution in [-0.2, 0) is 0 Å². The highest BCUT2D eigenvalue weighted by atomic mass is 32.1. The monoisotopic (exact) mass is 262 g/mol. The molecule has 1 aromatic carbocycles. The van der Waals surface area contributed by atoms with Gasteiger partial charge in [0.15, 0.2) is 0 Å². The molecule has 6 nitrogen and oxygen atoms in total. The van der Waals surface area contributed by atoms with Gasteiger partial charge >= 0.3 is 11.9 Å². The molecule has 0 fully saturated rings. The maximum absolute atomic E-state index is 5.63. The summed E-state index contributed by atoms with van der Waals surface area (Å²) in [7, 11) is 0. The zero-order valence-electron chi connectivity index (χ0n) is 9.55. The average Bonchev–Trinajstić information content (AvgIpc) is 2.77. The minimum atomic E-state index is 0.0276. The highest BCUT2D eigenvalue weighted by Gasteiger charge is 2.06. The summed E-state index contributed by atoms with van der Waals surface area (Å²) in [5.41, 5.74) is 18.1. The van der Waals surface area contributed by atoms with Gasteiger partial charge in [-0.05, 0) is 0 Å². The summed E-state index contributed by atoms with van der Waals surface area (Å²) in [4.78, 5) is 9.84. The second-order valence-corrected chi connectivity index (χ2v) is 4.38. The standard InChI is InChI=1S/C11H12N6S/c12-9(13)16-10(14)17-11-15-8(6-18-11)7-4-2-1-3-5-7/h1-6H,(H6,12,13,14,15,16,17)/p+2. The second kappa shape index (κ2) is 5.28. The topological polar surface area (TPSA) is 119 Å². The van der Waals surface area contributed by atoms with Crippen molar-refractivity contribution in [3.05, 3.63) is 35.7 Å². The van der Waals surface area contributed by atoms with Crippen LogP contribution in [-0.4, -0.2) is 16.9 Å². The summed E-state index contributed by atoms with van der Waals surface area (Å²) in [6.45, 7) is 0. The summed E-state index contributed by atoms with van der Waals surface area (Å²) >= 11 is 1.45. The molecule has 0 aliphatic heterocycles. The van der Waals surface area contributed by atoms with Gasteiger partial charge in [0, 0.05) is 10.9 Å². The van der Waals surface area contributed by atoms with Gasteiger partial charge in [0.1, 0.15) is 0 Å². The summed E-state index contributed by atoms with van der Waals surface area (Å²) in [6.07, 6.45) is 0. The first-order chi connectivity index (χ1) is 8.65. The molecule has 0 spiro atoms. The Morgan fingerprint density at radius 2 is 1.83 bits per heavy atom. The van der Waals surface area contributed by atoms with Gasteiger partial charge in [-0.1, -0.05) is 41.7 Å². The molecule has 0 aliphatic carbocycles. The van der Waals surface area contributed by atoms with E-state index in [1.807, 2.05) is 35.7 Å². The van der Waals surface area contributed by atoms with Crippen LogP contribution in [0.25, 0.3) is 11.3 Å². The lowest BCUT2D eigenvalue weighted by atomic mass is 10.2. The Morgan fingerprint density at radius 3 is 2.50 bits per heavy atom. The Balaban J connectivity index is 2.24. The van der Waals surface area contributed by atoms with Gasteiger partial charge < -0.3 is 0 Å². The number of aromatic nitrogens is 1. The molecule has 0 saturated heterocycles. The lowest BCUT2D eigenvalue weighted by Gasteiger charge is -1.92. The number of hydrogen-bond acceptors (Lipinski definition) is 2. The van der Waals surface area contributed by atoms with Crippen LogP contribution in [0.5, 0.6) is 0 Å². The third-order valence-corrected chi connectivity index (χ3v) is 2.85. The molecule has 1 aromatic heterocycles. The van der Waals surface area contributed by atoms with E-state index in [-0.39, 0.29) is 11.9 Å². The van der Waals surface area contributed by atoms with Crippen LogP contribution in [0.3, 0.4) is 0 Å². The minimum absolute atomic E-state index is 0.0276. The van der Waals surface area contributed by atoms with E-state index in [0.29, 0.717) is 5.13 Å². The van der Waals surface area contributed by atoms with E-state index in [4.69, 9.17) is 17.2 Å². The van der Waals surface area contributed by atoms with Gasteiger partial charge in [0.05, 0.1) is 5.69 Å². The quantitative estimate of drug-likeness (QED) is 0.296. The average molecular weight is 262 g/mol. The van der Waals surface area contributed by atoms with Crippen molar-refractivity contribution in [1.82, 2.24) is 4.98 Å². The number of guanidine groups is 2. The van der Waals surface area contributed by atoms with Crippen molar-refractivity contribution >= 4 is 28.4 Å². The van der Waals surface area contributed by atoms with Crippen LogP contribution in [0, 0.1) is 0 Å². The molecular formula is C11H14N6S+2. The van der Waals surface area contributed by atoms with E-state index in [0.717, 1.165) is 11.3 Å². The maximum Gasteiger partial charge on any atom is 0.392 e. The number of nitrogens with two attached hydrogens (primary N) is 3. The first kappa shape index (κ1) is 12.1. The molecule has 2 rings (SSSR count). The van der Waals surface area contributed by atoms with Crippen molar-refractivity contribution in [2.45, 2.75) is 0 Å². The molecule has 0 saturated carbocycles. The summed E-state index contributed by atoms with van der Waals surface area (Å²) in [6, 6.07) is 9.89. The summed E-state index contributed by atoms with van der Waals surface area (Å²) in [5.74, 6) is 0.267. The number of nitrogens with zero attached hydrogens (tertiary/aromatic N) is 1. The van der Waals surface area contributed by atoms with Crippen LogP contribution in [0.15, 0.2) is 35.7 Å². The Hall–Kier alpha value is -2.41. The molecule has 1 heterocycles. The van der Waals surface area contributed by atoms with Gasteiger partial charge in [-0.2, -0.15) is 4.99 Å². The normalized spacial score (nSPS) is 11.2. The minimum Gasteiger partial charge on any atom is -0.275 e. The van der Waals surface area contributed by atoms with Crippen LogP contribution in [0.2, 0.25) is 0 Å². The summed E-state index contributed by atoms with van der Waals surface area (Å²) in [5, 5.41) is 2.61. The molecule has 18 heavy (non-hydrogen) atoms. The molecule has 0 bridgehead atoms. The van der Waals surface area contributed by atoms with Crippen LogP contribution in [0.1, 0.15) is 0 Å². The second-order valence-electron chi connectivity index (χ2n) is 3.52. The summed E-state index contributed by atoms with van der Waals surface area (Å²) < 4.78 is 0. The number of rotatable bonds is 2. The number of benzene rings is 1. The maximum atomic E-state index is 5.63. The van der Waals surface area contributed by atoms with E-state index in [1.165, 1.54) is 11.3 Å². The van der Waals surface area contributed by atoms with E-state index in [1.54, 1.807) is 0 Å². The highest BCUT2D eigenvalue weighted by Crippen LogP contribution is 2.21. The van der Waals surface area contributed by atoms with Crippen LogP contribution in [0.4, 0.5) is 5.13 Å². The Morgan fingerprint density at radius 1 is 1.11 bits per heavy atom. The number of hydrogen-bond donors (Lipinski definition) is 5. The molecule has 8 N–H and O–H groups in total. The zero-order valence-corrected chi connectivity index (χ0v) is 10.4. The van der Waals surface area contributed by atoms with Gasteiger partial charge in [0.25, 0.3) is 5.13 Å². The smallest absolute Gasteiger partial charge is 0.275 e. The highest BCUT2D eigenvalue weighted by molar-refractivity contribution is 7.13. The Bertz CT molecular complexity index is 583. The van der Waals surface area contributed by atoms with Crippen molar-refractivity contribution in [2.24, 2.45) is 17.2 Å². The van der Waals surface area contributed by atoms with E-state index < -0.39 is 0 Å². The van der Waals surface area contributed by atoms with Gasteiger partial charge in [-0.25, -0.2) is 9.98 Å². The molecule has 0 atom stereocenters. The predicted molar refractivity (Wildman–Crippen MR) is 71.7 cm³/mol. The fraction of sp³-hybridized carbons (Fsp3) is 0. The van der Waals surface area contributed by atoms with Crippen molar-refractivity contribution in [3.8, 4) is 11.3 Å². The van der Waals surface area contributed by atoms with Crippen LogP contribution >= 0.6 is 11.3 Å². The van der Waals surface area contributed by atoms with Gasteiger partial charge in [-0.3, -0.25) is 17.2 Å². The zero-order chi connectivity index (χ0) is 13.0. The predicted octanol–water partition coefficient (Wildman–Crippen LogP) is -2.81. The fourth-order valence-electron chi connectivity index (χ4n) is 1.37. The molecule has 92 valence electrons. The van der Waals surface area contributed by atoms with Crippen LogP contribution < -0.4 is 27.2 Å². The fourth-order valence-corrected chi connectivity index (χ4v) is 2.11. The molecule has 0 amide bonds. The SMILES string of the molecule is NC(N)=[NH+]C(N)=[NH+]c1nc(-c2ccccc2)cs1. The van der Waals surface area contributed by atoms with Gasteiger partial charge in [-0.15, -0.1) is 0 Å². The number of nitrogens with one attached hydrogen (secondary N) is 2. The first-order valence-corrected chi connectivity index (χ1v) is 6.08.